The number of rotatable bonds is 7. The zero-order chi connectivity index (χ0) is 25.4. The molecule has 2 fully saturated rings. The number of anilines is 1. The molecule has 0 aliphatic carbocycles. The zero-order valence-corrected chi connectivity index (χ0v) is 21.2. The largest absolute Gasteiger partial charge is 0.493 e. The summed E-state index contributed by atoms with van der Waals surface area (Å²) in [7, 11) is 1.60. The molecule has 3 aliphatic rings. The number of aryl methyl sites for hydroxylation is 1. The lowest BCUT2D eigenvalue weighted by Crippen LogP contribution is -2.52. The van der Waals surface area contributed by atoms with Gasteiger partial charge in [0.2, 0.25) is 12.1 Å². The molecule has 4 heterocycles. The van der Waals surface area contributed by atoms with Crippen LogP contribution < -0.4 is 19.5 Å². The van der Waals surface area contributed by atoms with Gasteiger partial charge in [0, 0.05) is 46.7 Å². The number of nitrogens with zero attached hydrogens (tertiary/aromatic N) is 2. The van der Waals surface area contributed by atoms with E-state index >= 15 is 0 Å². The number of hydrogen-bond donors (Lipinski definition) is 2. The molecule has 9 heteroatoms. The summed E-state index contributed by atoms with van der Waals surface area (Å²) < 4.78 is 23.2. The summed E-state index contributed by atoms with van der Waals surface area (Å²) >= 11 is 0. The van der Waals surface area contributed by atoms with Gasteiger partial charge in [0.1, 0.15) is 5.75 Å². The molecule has 1 aromatic heterocycles. The topological polar surface area (TPSA) is 97.4 Å². The van der Waals surface area contributed by atoms with Gasteiger partial charge in [0.25, 0.3) is 0 Å². The third-order valence-electron chi connectivity index (χ3n) is 7.57. The van der Waals surface area contributed by atoms with E-state index in [1.54, 1.807) is 13.4 Å². The minimum Gasteiger partial charge on any atom is -0.493 e. The Morgan fingerprint density at radius 3 is 2.76 bits per heavy atom. The van der Waals surface area contributed by atoms with E-state index in [9.17, 15) is 4.79 Å². The predicted molar refractivity (Wildman–Crippen MR) is 141 cm³/mol. The molecule has 3 aliphatic heterocycles. The maximum Gasteiger partial charge on any atom is 0.225 e. The Morgan fingerprint density at radius 2 is 2.00 bits per heavy atom. The van der Waals surface area contributed by atoms with Crippen molar-refractivity contribution in [3.63, 3.8) is 0 Å². The molecule has 0 radical (unpaired) electrons. The molecule has 9 nitrogen and oxygen atoms in total. The second-order valence-electron chi connectivity index (χ2n) is 10.2. The first-order chi connectivity index (χ1) is 18.0. The number of H-pyrrole nitrogens is 1. The number of amides is 1. The summed E-state index contributed by atoms with van der Waals surface area (Å²) in [5, 5.41) is 4.26. The van der Waals surface area contributed by atoms with Crippen LogP contribution >= 0.6 is 0 Å². The van der Waals surface area contributed by atoms with Crippen molar-refractivity contribution < 1.29 is 23.7 Å². The van der Waals surface area contributed by atoms with E-state index in [0.29, 0.717) is 23.3 Å². The van der Waals surface area contributed by atoms with Gasteiger partial charge in [-0.15, -0.1) is 0 Å². The number of nitrogens with one attached hydrogen (secondary N) is 2. The number of aromatic nitrogens is 1. The zero-order valence-electron chi connectivity index (χ0n) is 21.2. The second kappa shape index (κ2) is 9.63. The lowest BCUT2D eigenvalue weighted by molar-refractivity contribution is -0.153. The molecule has 6 rings (SSSR count). The number of carbonyl (C=O) groups excluding carboxylic acids is 1. The molecule has 0 saturated carbocycles. The molecule has 1 atom stereocenters. The molecule has 2 aromatic carbocycles. The van der Waals surface area contributed by atoms with Crippen molar-refractivity contribution in [2.45, 2.75) is 32.4 Å². The van der Waals surface area contributed by atoms with E-state index in [1.165, 1.54) is 0 Å². The molecular formula is C28H32N4O5. The van der Waals surface area contributed by atoms with Gasteiger partial charge in [-0.2, -0.15) is 0 Å². The van der Waals surface area contributed by atoms with Gasteiger partial charge in [0.15, 0.2) is 11.5 Å². The van der Waals surface area contributed by atoms with Crippen molar-refractivity contribution in [1.29, 1.82) is 0 Å². The summed E-state index contributed by atoms with van der Waals surface area (Å²) in [6, 6.07) is 11.8. The number of fused-ring (bicyclic) bond motifs is 2. The van der Waals surface area contributed by atoms with Gasteiger partial charge >= 0.3 is 0 Å². The molecule has 37 heavy (non-hydrogen) atoms. The minimum absolute atomic E-state index is 0.125. The minimum atomic E-state index is -0.526. The number of hydrogen-bond acceptors (Lipinski definition) is 7. The molecule has 3 aromatic rings. The number of aromatic amines is 1. The fourth-order valence-corrected chi connectivity index (χ4v) is 5.30. The number of carbonyl (C=O) groups is 1. The Hall–Kier alpha value is -3.72. The molecule has 2 saturated heterocycles. The van der Waals surface area contributed by atoms with Crippen molar-refractivity contribution in [1.82, 2.24) is 9.88 Å². The van der Waals surface area contributed by atoms with Gasteiger partial charge in [-0.3, -0.25) is 4.79 Å². The van der Waals surface area contributed by atoms with Crippen LogP contribution in [-0.2, 0) is 9.53 Å². The van der Waals surface area contributed by atoms with Crippen LogP contribution in [0.2, 0.25) is 0 Å². The maximum absolute atomic E-state index is 12.7. The van der Waals surface area contributed by atoms with Gasteiger partial charge in [-0.1, -0.05) is 0 Å². The van der Waals surface area contributed by atoms with E-state index < -0.39 is 6.23 Å². The standard InChI is InChI=1S/C28H32N4O5/c1-18-11-19-12-20(3-4-22(19)31-18)37-27-21-13-24(34-2)25(14-23(21)29-17-30-27)36-10-5-26(33)32-8-6-28(7-9-32)15-35-16-28/h3-4,11-14,17,27,31H,5-10,15-16H2,1-2H3,(H,29,30). The van der Waals surface area contributed by atoms with Crippen LogP contribution in [0.1, 0.15) is 36.7 Å². The Kier molecular flexibility index (Phi) is 6.16. The van der Waals surface area contributed by atoms with Crippen molar-refractivity contribution in [3.05, 3.63) is 47.7 Å². The first kappa shape index (κ1) is 23.7. The van der Waals surface area contributed by atoms with Crippen LogP contribution in [0, 0.1) is 12.3 Å². The SMILES string of the molecule is COc1cc2c(cc1OCCC(=O)N1CCC3(CC1)COC3)NC=NC2Oc1ccc2[nH]c(C)cc2c1. The lowest BCUT2D eigenvalue weighted by Gasteiger charge is -2.47. The smallest absolute Gasteiger partial charge is 0.225 e. The first-order valence-electron chi connectivity index (χ1n) is 12.8. The average molecular weight is 505 g/mol. The van der Waals surface area contributed by atoms with Crippen LogP contribution in [0.25, 0.3) is 10.9 Å². The quantitative estimate of drug-likeness (QED) is 0.494. The van der Waals surface area contributed by atoms with Crippen molar-refractivity contribution in [2.75, 3.05) is 45.3 Å². The fourth-order valence-electron chi connectivity index (χ4n) is 5.30. The number of benzene rings is 2. The molecule has 2 N–H and O–H groups in total. The summed E-state index contributed by atoms with van der Waals surface area (Å²) in [5.74, 6) is 2.00. The Balaban J connectivity index is 1.10. The highest BCUT2D eigenvalue weighted by Gasteiger charge is 2.41. The highest BCUT2D eigenvalue weighted by atomic mass is 16.5. The van der Waals surface area contributed by atoms with Gasteiger partial charge in [0.05, 0.1) is 45.4 Å². The second-order valence-corrected chi connectivity index (χ2v) is 10.2. The number of methoxy groups -OCH3 is 1. The van der Waals surface area contributed by atoms with Gasteiger partial charge in [-0.25, -0.2) is 4.99 Å². The van der Waals surface area contributed by atoms with Gasteiger partial charge in [-0.05, 0) is 50.1 Å². The Morgan fingerprint density at radius 1 is 1.16 bits per heavy atom. The van der Waals surface area contributed by atoms with E-state index in [0.717, 1.165) is 72.7 Å². The van der Waals surface area contributed by atoms with E-state index in [2.05, 4.69) is 21.4 Å². The number of likely N-dealkylation sites (tertiary alicyclic amines) is 1. The summed E-state index contributed by atoms with van der Waals surface area (Å²) in [4.78, 5) is 22.5. The third kappa shape index (κ3) is 4.71. The first-order valence-corrected chi connectivity index (χ1v) is 12.8. The monoisotopic (exact) mass is 504 g/mol. The number of ether oxygens (including phenoxy) is 4. The highest BCUT2D eigenvalue weighted by Crippen LogP contribution is 2.40. The molecule has 1 spiro atoms. The molecule has 0 bridgehead atoms. The van der Waals surface area contributed by atoms with Crippen molar-refractivity contribution in [2.24, 2.45) is 10.4 Å². The summed E-state index contributed by atoms with van der Waals surface area (Å²) in [5.41, 5.74) is 4.15. The fraction of sp³-hybridized carbons (Fsp3) is 0.429. The number of aliphatic imine (C=N–C) groups is 1. The number of piperidine rings is 1. The average Bonchev–Trinajstić information content (AvgIpc) is 3.27. The van der Waals surface area contributed by atoms with Crippen LogP contribution in [0.3, 0.4) is 0 Å². The third-order valence-corrected chi connectivity index (χ3v) is 7.57. The van der Waals surface area contributed by atoms with Crippen LogP contribution in [-0.4, -0.2) is 62.1 Å². The van der Waals surface area contributed by atoms with Crippen LogP contribution in [0.15, 0.2) is 41.4 Å². The highest BCUT2D eigenvalue weighted by molar-refractivity contribution is 5.83. The summed E-state index contributed by atoms with van der Waals surface area (Å²) in [6.07, 6.45) is 3.47. The van der Waals surface area contributed by atoms with Gasteiger partial charge < -0.3 is 34.1 Å². The van der Waals surface area contributed by atoms with E-state index in [4.69, 9.17) is 18.9 Å². The van der Waals surface area contributed by atoms with Crippen molar-refractivity contribution in [3.8, 4) is 17.2 Å². The maximum atomic E-state index is 12.7. The molecule has 1 amide bonds. The normalized spacial score (nSPS) is 19.7. The van der Waals surface area contributed by atoms with Crippen LogP contribution in [0.5, 0.6) is 17.2 Å². The molecule has 1 unspecified atom stereocenters. The van der Waals surface area contributed by atoms with Crippen molar-refractivity contribution >= 4 is 28.8 Å². The Labute approximate surface area is 215 Å². The Bertz CT molecular complexity index is 1340. The van der Waals surface area contributed by atoms with E-state index in [-0.39, 0.29) is 12.5 Å². The molecular weight excluding hydrogens is 472 g/mol. The predicted octanol–water partition coefficient (Wildman–Crippen LogP) is 4.42. The lowest BCUT2D eigenvalue weighted by atomic mass is 9.77. The van der Waals surface area contributed by atoms with E-state index in [1.807, 2.05) is 42.2 Å². The van der Waals surface area contributed by atoms with Crippen LogP contribution in [0.4, 0.5) is 5.69 Å². The summed E-state index contributed by atoms with van der Waals surface area (Å²) in [6.45, 7) is 5.58. The molecule has 194 valence electrons.